The van der Waals surface area contributed by atoms with E-state index in [2.05, 4.69) is 4.98 Å². The summed E-state index contributed by atoms with van der Waals surface area (Å²) >= 11 is -0.300. The van der Waals surface area contributed by atoms with Crippen LogP contribution in [0.5, 0.6) is 0 Å². The van der Waals surface area contributed by atoms with Crippen molar-refractivity contribution >= 4 is 35.4 Å². The van der Waals surface area contributed by atoms with Crippen LogP contribution in [-0.2, 0) is 11.3 Å². The highest BCUT2D eigenvalue weighted by Crippen LogP contribution is 2.37. The zero-order valence-corrected chi connectivity index (χ0v) is 14.8. The first-order chi connectivity index (χ1) is 13.2. The van der Waals surface area contributed by atoms with Crippen LogP contribution >= 0.6 is 11.8 Å². The number of aromatic carboxylic acids is 1. The van der Waals surface area contributed by atoms with Gasteiger partial charge in [-0.2, -0.15) is 13.2 Å². The van der Waals surface area contributed by atoms with E-state index in [1.807, 2.05) is 0 Å². The van der Waals surface area contributed by atoms with Crippen molar-refractivity contribution in [2.45, 2.75) is 16.9 Å². The van der Waals surface area contributed by atoms with Gasteiger partial charge in [-0.15, -0.1) is 0 Å². The summed E-state index contributed by atoms with van der Waals surface area (Å²) in [4.78, 5) is 41.8. The van der Waals surface area contributed by atoms with Crippen molar-refractivity contribution in [3.63, 3.8) is 0 Å². The lowest BCUT2D eigenvalue weighted by atomic mass is 10.1. The fourth-order valence-corrected chi connectivity index (χ4v) is 3.22. The number of hydrogen-bond acceptors (Lipinski definition) is 5. The Morgan fingerprint density at radius 2 is 1.86 bits per heavy atom. The van der Waals surface area contributed by atoms with Crippen molar-refractivity contribution < 1.29 is 32.7 Å². The lowest BCUT2D eigenvalue weighted by Crippen LogP contribution is -2.33. The molecule has 11 heteroatoms. The second kappa shape index (κ2) is 7.50. The number of carbonyl (C=O) groups excluding carboxylic acids is 2. The second-order valence-electron chi connectivity index (χ2n) is 5.75. The zero-order valence-electron chi connectivity index (χ0n) is 14.0. The molecule has 0 atom stereocenters. The number of thioether (sulfide) groups is 1. The number of urea groups is 1. The first-order valence-corrected chi connectivity index (χ1v) is 8.61. The number of halogens is 3. The summed E-state index contributed by atoms with van der Waals surface area (Å²) in [5.74, 6) is -1.78. The van der Waals surface area contributed by atoms with Gasteiger partial charge >= 0.3 is 17.5 Å². The highest BCUT2D eigenvalue weighted by atomic mass is 32.2. The molecule has 1 N–H and O–H groups in total. The minimum Gasteiger partial charge on any atom is -0.478 e. The topological polar surface area (TPSA) is 90.8 Å². The van der Waals surface area contributed by atoms with Crippen LogP contribution in [0.25, 0.3) is 0 Å². The Balaban J connectivity index is 1.78. The highest BCUT2D eigenvalue weighted by Gasteiger charge is 2.37. The predicted octanol–water partition coefficient (Wildman–Crippen LogP) is 3.36. The van der Waals surface area contributed by atoms with Crippen molar-refractivity contribution in [1.82, 2.24) is 9.88 Å². The number of amides is 3. The van der Waals surface area contributed by atoms with E-state index >= 15 is 0 Å². The molecule has 0 saturated carbocycles. The van der Waals surface area contributed by atoms with Crippen LogP contribution in [0.15, 0.2) is 47.6 Å². The van der Waals surface area contributed by atoms with Crippen molar-refractivity contribution in [2.24, 2.45) is 0 Å². The summed E-state index contributed by atoms with van der Waals surface area (Å²) in [5.41, 5.74) is -4.08. The van der Waals surface area contributed by atoms with E-state index in [1.54, 1.807) is 0 Å². The van der Waals surface area contributed by atoms with Crippen LogP contribution in [-0.4, -0.2) is 45.0 Å². The molecule has 1 aliphatic heterocycles. The number of imide groups is 1. The lowest BCUT2D eigenvalue weighted by molar-refractivity contribution is -0.116. The van der Waals surface area contributed by atoms with Crippen LogP contribution in [0.1, 0.15) is 15.9 Å². The number of pyridine rings is 1. The van der Waals surface area contributed by atoms with Gasteiger partial charge in [0.15, 0.2) is 0 Å². The number of carboxylic acids is 1. The number of nitrogens with zero attached hydrogens (tertiary/aromatic N) is 3. The van der Waals surface area contributed by atoms with E-state index < -0.39 is 23.4 Å². The third-order valence-corrected chi connectivity index (χ3v) is 4.61. The van der Waals surface area contributed by atoms with Gasteiger partial charge in [0.05, 0.1) is 11.3 Å². The largest absolute Gasteiger partial charge is 0.478 e. The van der Waals surface area contributed by atoms with E-state index in [-0.39, 0.29) is 41.0 Å². The van der Waals surface area contributed by atoms with Crippen molar-refractivity contribution in [2.75, 3.05) is 11.4 Å². The fraction of sp³-hybridized carbons (Fsp3) is 0.176. The number of benzene rings is 1. The molecule has 0 unspecified atom stereocenters. The van der Waals surface area contributed by atoms with E-state index in [0.29, 0.717) is 5.56 Å². The summed E-state index contributed by atoms with van der Waals surface area (Å²) in [6.45, 7) is -0.396. The Hall–Kier alpha value is -3.08. The number of carboxylic acid groups (broad SMARTS) is 1. The quantitative estimate of drug-likeness (QED) is 0.599. The fourth-order valence-electron chi connectivity index (χ4n) is 2.68. The van der Waals surface area contributed by atoms with Gasteiger partial charge in [0.2, 0.25) is 0 Å². The van der Waals surface area contributed by atoms with Crippen molar-refractivity contribution in [3.05, 3.63) is 53.9 Å². The molecule has 1 aromatic carbocycles. The summed E-state index contributed by atoms with van der Waals surface area (Å²) in [6, 6.07) is 5.59. The first kappa shape index (κ1) is 19.7. The van der Waals surface area contributed by atoms with Crippen molar-refractivity contribution in [3.8, 4) is 0 Å². The first-order valence-electron chi connectivity index (χ1n) is 7.79. The molecule has 0 aliphatic carbocycles. The second-order valence-corrected chi connectivity index (χ2v) is 6.89. The molecule has 7 nitrogen and oxygen atoms in total. The van der Waals surface area contributed by atoms with Crippen LogP contribution < -0.4 is 4.90 Å². The molecular weight excluding hydrogens is 399 g/mol. The molecule has 1 aromatic heterocycles. The maximum absolute atomic E-state index is 12.6. The Bertz CT molecular complexity index is 934. The molecule has 0 radical (unpaired) electrons. The van der Waals surface area contributed by atoms with E-state index in [0.717, 1.165) is 16.0 Å². The molecule has 1 fully saturated rings. The Morgan fingerprint density at radius 3 is 2.46 bits per heavy atom. The predicted molar refractivity (Wildman–Crippen MR) is 92.8 cm³/mol. The van der Waals surface area contributed by atoms with E-state index in [9.17, 15) is 32.7 Å². The monoisotopic (exact) mass is 411 g/mol. The van der Waals surface area contributed by atoms with Crippen LogP contribution in [0.4, 0.5) is 23.7 Å². The van der Waals surface area contributed by atoms with Crippen molar-refractivity contribution in [1.29, 1.82) is 0 Å². The van der Waals surface area contributed by atoms with Gasteiger partial charge in [-0.3, -0.25) is 9.78 Å². The zero-order chi connectivity index (χ0) is 20.5. The van der Waals surface area contributed by atoms with E-state index in [4.69, 9.17) is 0 Å². The molecule has 0 bridgehead atoms. The normalized spacial score (nSPS) is 14.7. The minimum absolute atomic E-state index is 0.0740. The maximum atomic E-state index is 12.6. The van der Waals surface area contributed by atoms with Crippen LogP contribution in [0, 0.1) is 0 Å². The maximum Gasteiger partial charge on any atom is 0.446 e. The Kier molecular flexibility index (Phi) is 5.27. The highest BCUT2D eigenvalue weighted by molar-refractivity contribution is 8.00. The molecule has 2 aromatic rings. The SMILES string of the molecule is O=C(O)c1cnccc1CN1CC(=O)N(c2ccc(SC(F)(F)F)cc2)C1=O. The van der Waals surface area contributed by atoms with Gasteiger partial charge < -0.3 is 10.0 Å². The smallest absolute Gasteiger partial charge is 0.446 e. The average Bonchev–Trinajstić information content (AvgIpc) is 2.88. The lowest BCUT2D eigenvalue weighted by Gasteiger charge is -2.18. The number of carbonyl (C=O) groups is 3. The summed E-state index contributed by atoms with van der Waals surface area (Å²) < 4.78 is 37.2. The van der Waals surface area contributed by atoms with Gasteiger partial charge in [0.25, 0.3) is 5.91 Å². The molecule has 3 rings (SSSR count). The molecule has 2 heterocycles. The Labute approximate surface area is 160 Å². The van der Waals surface area contributed by atoms with Gasteiger partial charge in [-0.1, -0.05) is 0 Å². The number of anilines is 1. The summed E-state index contributed by atoms with van der Waals surface area (Å²) in [7, 11) is 0. The molecule has 1 saturated heterocycles. The third kappa shape index (κ3) is 4.25. The standard InChI is InChI=1S/C17H12F3N3O4S/c18-17(19,20)28-12-3-1-11(2-4-12)23-14(24)9-22(16(23)27)8-10-5-6-21-7-13(10)15(25)26/h1-7H,8-9H2,(H,25,26). The van der Waals surface area contributed by atoms with Crippen LogP contribution in [0.2, 0.25) is 0 Å². The van der Waals surface area contributed by atoms with Crippen LogP contribution in [0.3, 0.4) is 0 Å². The van der Waals surface area contributed by atoms with Gasteiger partial charge in [0.1, 0.15) is 6.54 Å². The number of aromatic nitrogens is 1. The molecule has 0 spiro atoms. The minimum atomic E-state index is -4.44. The summed E-state index contributed by atoms with van der Waals surface area (Å²) in [6.07, 6.45) is 2.52. The Morgan fingerprint density at radius 1 is 1.18 bits per heavy atom. The summed E-state index contributed by atoms with van der Waals surface area (Å²) in [5, 5.41) is 9.19. The number of rotatable bonds is 5. The average molecular weight is 411 g/mol. The van der Waals surface area contributed by atoms with Gasteiger partial charge in [0, 0.05) is 23.8 Å². The van der Waals surface area contributed by atoms with Gasteiger partial charge in [-0.05, 0) is 47.7 Å². The molecular formula is C17H12F3N3O4S. The van der Waals surface area contributed by atoms with E-state index in [1.165, 1.54) is 36.5 Å². The third-order valence-electron chi connectivity index (χ3n) is 3.87. The molecule has 3 amide bonds. The number of hydrogen-bond donors (Lipinski definition) is 1. The van der Waals surface area contributed by atoms with Gasteiger partial charge in [-0.25, -0.2) is 14.5 Å². The molecule has 1 aliphatic rings. The molecule has 28 heavy (non-hydrogen) atoms. The molecule has 146 valence electrons. The number of alkyl halides is 3.